The van der Waals surface area contributed by atoms with E-state index in [0.29, 0.717) is 16.8 Å². The maximum Gasteiger partial charge on any atom is 0.264 e. The summed E-state index contributed by atoms with van der Waals surface area (Å²) < 4.78 is 5.48. The second kappa shape index (κ2) is 7.59. The first-order chi connectivity index (χ1) is 11.2. The molecule has 1 N–H and O–H groups in total. The van der Waals surface area contributed by atoms with Crippen LogP contribution in [0.4, 0.5) is 5.13 Å². The van der Waals surface area contributed by atoms with Crippen LogP contribution in [0.1, 0.15) is 49.3 Å². The van der Waals surface area contributed by atoms with Gasteiger partial charge in [0.05, 0.1) is 5.69 Å². The average Bonchev–Trinajstić information content (AvgIpc) is 3.04. The van der Waals surface area contributed by atoms with E-state index in [1.165, 1.54) is 49.0 Å². The topological polar surface area (TPSA) is 51.2 Å². The van der Waals surface area contributed by atoms with Crippen LogP contribution in [-0.2, 0) is 4.79 Å². The Labute approximate surface area is 140 Å². The Balaban J connectivity index is 1.49. The lowest BCUT2D eigenvalue weighted by Crippen LogP contribution is -2.20. The van der Waals surface area contributed by atoms with Crippen LogP contribution in [0.25, 0.3) is 0 Å². The number of benzene rings is 1. The molecule has 1 aromatic carbocycles. The average molecular weight is 330 g/mol. The lowest BCUT2D eigenvalue weighted by molar-refractivity contribution is -0.118. The van der Waals surface area contributed by atoms with Gasteiger partial charge in [0.1, 0.15) is 5.75 Å². The van der Waals surface area contributed by atoms with Gasteiger partial charge in [0.15, 0.2) is 11.7 Å². The molecule has 1 heterocycles. The zero-order valence-electron chi connectivity index (χ0n) is 13.4. The number of hydrogen-bond donors (Lipinski definition) is 1. The highest BCUT2D eigenvalue weighted by atomic mass is 32.1. The molecule has 1 amide bonds. The third-order valence-electron chi connectivity index (χ3n) is 4.18. The number of rotatable bonds is 5. The number of ether oxygens (including phenoxy) is 1. The fourth-order valence-corrected chi connectivity index (χ4v) is 3.68. The lowest BCUT2D eigenvalue weighted by Gasteiger charge is -2.19. The van der Waals surface area contributed by atoms with Gasteiger partial charge in [-0.05, 0) is 31.9 Å². The first-order valence-electron chi connectivity index (χ1n) is 8.15. The number of amides is 1. The monoisotopic (exact) mass is 330 g/mol. The molecule has 1 aliphatic carbocycles. The molecule has 1 fully saturated rings. The number of nitrogens with one attached hydrogen (secondary N) is 1. The maximum atomic E-state index is 12.0. The highest BCUT2D eigenvalue weighted by molar-refractivity contribution is 7.13. The molecule has 0 saturated heterocycles. The zero-order valence-corrected chi connectivity index (χ0v) is 14.2. The van der Waals surface area contributed by atoms with Crippen molar-refractivity contribution in [3.8, 4) is 5.75 Å². The van der Waals surface area contributed by atoms with E-state index in [1.807, 2.05) is 31.2 Å². The van der Waals surface area contributed by atoms with Gasteiger partial charge in [-0.1, -0.05) is 37.0 Å². The molecule has 1 saturated carbocycles. The van der Waals surface area contributed by atoms with Gasteiger partial charge < -0.3 is 4.74 Å². The highest BCUT2D eigenvalue weighted by Gasteiger charge is 2.18. The van der Waals surface area contributed by atoms with Gasteiger partial charge >= 0.3 is 0 Å². The smallest absolute Gasteiger partial charge is 0.264 e. The Hall–Kier alpha value is -1.88. The molecule has 4 nitrogen and oxygen atoms in total. The van der Waals surface area contributed by atoms with Crippen molar-refractivity contribution in [3.63, 3.8) is 0 Å². The molecule has 0 bridgehead atoms. The van der Waals surface area contributed by atoms with Crippen LogP contribution in [0.3, 0.4) is 0 Å². The van der Waals surface area contributed by atoms with Gasteiger partial charge in [0.2, 0.25) is 0 Å². The number of nitrogens with zero attached hydrogens (tertiary/aromatic N) is 1. The van der Waals surface area contributed by atoms with Gasteiger partial charge in [-0.25, -0.2) is 4.98 Å². The van der Waals surface area contributed by atoms with Crippen molar-refractivity contribution >= 4 is 22.4 Å². The van der Waals surface area contributed by atoms with Crippen LogP contribution in [0, 0.1) is 6.92 Å². The number of hydrogen-bond acceptors (Lipinski definition) is 4. The molecule has 1 aliphatic rings. The van der Waals surface area contributed by atoms with Gasteiger partial charge in [-0.3, -0.25) is 10.1 Å². The van der Waals surface area contributed by atoms with Gasteiger partial charge in [-0.2, -0.15) is 0 Å². The highest BCUT2D eigenvalue weighted by Crippen LogP contribution is 2.34. The van der Waals surface area contributed by atoms with Crippen molar-refractivity contribution in [3.05, 3.63) is 40.9 Å². The predicted molar refractivity (Wildman–Crippen MR) is 93.2 cm³/mol. The number of thiazole rings is 1. The summed E-state index contributed by atoms with van der Waals surface area (Å²) in [5.41, 5.74) is 2.30. The molecule has 23 heavy (non-hydrogen) atoms. The Kier molecular flexibility index (Phi) is 5.28. The minimum atomic E-state index is -0.171. The van der Waals surface area contributed by atoms with Crippen molar-refractivity contribution in [2.75, 3.05) is 11.9 Å². The van der Waals surface area contributed by atoms with Crippen molar-refractivity contribution in [1.29, 1.82) is 0 Å². The molecule has 0 spiro atoms. The molecule has 0 aliphatic heterocycles. The van der Waals surface area contributed by atoms with Gasteiger partial charge in [-0.15, -0.1) is 11.3 Å². The quantitative estimate of drug-likeness (QED) is 0.877. The van der Waals surface area contributed by atoms with Crippen molar-refractivity contribution in [2.45, 2.75) is 44.9 Å². The minimum absolute atomic E-state index is 0.00139. The summed E-state index contributed by atoms with van der Waals surface area (Å²) in [5, 5.41) is 5.57. The molecule has 3 rings (SSSR count). The van der Waals surface area contributed by atoms with E-state index < -0.39 is 0 Å². The number of anilines is 1. The molecular weight excluding hydrogens is 308 g/mol. The molecule has 5 heteroatoms. The SMILES string of the molecule is Cc1ccc(OCC(=O)Nc2nc(C3CCCCC3)cs2)cc1. The Morgan fingerprint density at radius 1 is 1.26 bits per heavy atom. The Morgan fingerprint density at radius 3 is 2.74 bits per heavy atom. The standard InChI is InChI=1S/C18H22N2O2S/c1-13-7-9-15(10-8-13)22-11-17(21)20-18-19-16(12-23-18)14-5-3-2-4-6-14/h7-10,12,14H,2-6,11H2,1H3,(H,19,20,21). The second-order valence-corrected chi connectivity index (χ2v) is 6.92. The van der Waals surface area contributed by atoms with Crippen LogP contribution in [0.15, 0.2) is 29.6 Å². The minimum Gasteiger partial charge on any atom is -0.484 e. The van der Waals surface area contributed by atoms with E-state index in [2.05, 4.69) is 15.7 Å². The third kappa shape index (κ3) is 4.55. The van der Waals surface area contributed by atoms with Crippen LogP contribution in [-0.4, -0.2) is 17.5 Å². The first kappa shape index (κ1) is 16.0. The van der Waals surface area contributed by atoms with E-state index in [9.17, 15) is 4.79 Å². The molecule has 1 aromatic heterocycles. The third-order valence-corrected chi connectivity index (χ3v) is 4.96. The van der Waals surface area contributed by atoms with Crippen molar-refractivity contribution in [1.82, 2.24) is 4.98 Å². The molecule has 122 valence electrons. The second-order valence-electron chi connectivity index (χ2n) is 6.06. The Bertz CT molecular complexity index is 645. The molecule has 2 aromatic rings. The summed E-state index contributed by atoms with van der Waals surface area (Å²) in [6.07, 6.45) is 6.34. The summed E-state index contributed by atoms with van der Waals surface area (Å²) in [6, 6.07) is 7.66. The van der Waals surface area contributed by atoms with E-state index >= 15 is 0 Å². The predicted octanol–water partition coefficient (Wildman–Crippen LogP) is 4.52. The van der Waals surface area contributed by atoms with E-state index in [4.69, 9.17) is 4.74 Å². The zero-order chi connectivity index (χ0) is 16.1. The van der Waals surface area contributed by atoms with Crippen LogP contribution in [0.5, 0.6) is 5.75 Å². The largest absolute Gasteiger partial charge is 0.484 e. The number of aromatic nitrogens is 1. The summed E-state index contributed by atoms with van der Waals surface area (Å²) >= 11 is 1.50. The summed E-state index contributed by atoms with van der Waals surface area (Å²) in [4.78, 5) is 16.5. The molecule has 0 atom stereocenters. The van der Waals surface area contributed by atoms with Gasteiger partial charge in [0, 0.05) is 11.3 Å². The molecular formula is C18H22N2O2S. The Morgan fingerprint density at radius 2 is 2.00 bits per heavy atom. The number of carbonyl (C=O) groups is 1. The van der Waals surface area contributed by atoms with Crippen molar-refractivity contribution in [2.24, 2.45) is 0 Å². The van der Waals surface area contributed by atoms with E-state index in [-0.39, 0.29) is 12.5 Å². The summed E-state index contributed by atoms with van der Waals surface area (Å²) in [5.74, 6) is 1.09. The summed E-state index contributed by atoms with van der Waals surface area (Å²) in [7, 11) is 0. The van der Waals surface area contributed by atoms with Crippen molar-refractivity contribution < 1.29 is 9.53 Å². The number of carbonyl (C=O) groups excluding carboxylic acids is 1. The van der Waals surface area contributed by atoms with Crippen LogP contribution < -0.4 is 10.1 Å². The fraction of sp³-hybridized carbons (Fsp3) is 0.444. The summed E-state index contributed by atoms with van der Waals surface area (Å²) in [6.45, 7) is 2.02. The molecule has 0 radical (unpaired) electrons. The van der Waals surface area contributed by atoms with Crippen LogP contribution in [0.2, 0.25) is 0 Å². The van der Waals surface area contributed by atoms with Crippen LogP contribution >= 0.6 is 11.3 Å². The lowest BCUT2D eigenvalue weighted by atomic mass is 9.87. The number of aryl methyl sites for hydroxylation is 1. The normalized spacial score (nSPS) is 15.3. The fourth-order valence-electron chi connectivity index (χ4n) is 2.87. The van der Waals surface area contributed by atoms with E-state index in [0.717, 1.165) is 5.69 Å². The van der Waals surface area contributed by atoms with E-state index in [1.54, 1.807) is 0 Å². The first-order valence-corrected chi connectivity index (χ1v) is 9.03. The maximum absolute atomic E-state index is 12.0. The molecule has 0 unspecified atom stereocenters. The van der Waals surface area contributed by atoms with Gasteiger partial charge in [0.25, 0.3) is 5.91 Å².